The van der Waals surface area contributed by atoms with Gasteiger partial charge in [-0.2, -0.15) is 13.2 Å². The Morgan fingerprint density at radius 2 is 1.92 bits per heavy atom. The molecule has 0 saturated heterocycles. The van der Waals surface area contributed by atoms with Crippen LogP contribution in [0.3, 0.4) is 0 Å². The Bertz CT molecular complexity index is 920. The number of hydrogen-bond donors (Lipinski definition) is 1. The molecular weight excluding hydrogens is 386 g/mol. The van der Waals surface area contributed by atoms with E-state index < -0.39 is 11.9 Å². The van der Waals surface area contributed by atoms with Gasteiger partial charge in [-0.3, -0.25) is 4.98 Å². The van der Waals surface area contributed by atoms with Crippen molar-refractivity contribution >= 4 is 24.0 Å². The topological polar surface area (TPSA) is 29.9 Å². The van der Waals surface area contributed by atoms with Crippen LogP contribution in [0.15, 0.2) is 54.9 Å². The fourth-order valence-electron chi connectivity index (χ4n) is 3.14. The molecule has 0 amide bonds. The van der Waals surface area contributed by atoms with Crippen molar-refractivity contribution in [3.8, 4) is 5.69 Å². The van der Waals surface area contributed by atoms with Gasteiger partial charge in [0.2, 0.25) is 0 Å². The summed E-state index contributed by atoms with van der Waals surface area (Å²) in [6.45, 7) is 0.502. The average molecular weight is 400 g/mol. The van der Waals surface area contributed by atoms with Gasteiger partial charge in [-0.1, -0.05) is 23.7 Å². The minimum absolute atomic E-state index is 0. The van der Waals surface area contributed by atoms with Crippen molar-refractivity contribution in [1.82, 2.24) is 14.9 Å². The molecule has 8 heteroatoms. The van der Waals surface area contributed by atoms with Crippen molar-refractivity contribution in [3.05, 3.63) is 82.4 Å². The van der Waals surface area contributed by atoms with E-state index >= 15 is 0 Å². The first-order valence-electron chi connectivity index (χ1n) is 7.66. The Kier molecular flexibility index (Phi) is 5.01. The van der Waals surface area contributed by atoms with E-state index in [1.807, 2.05) is 41.1 Å². The van der Waals surface area contributed by atoms with Crippen LogP contribution in [-0.2, 0) is 12.7 Å². The smallest absolute Gasteiger partial charge is 0.319 e. The summed E-state index contributed by atoms with van der Waals surface area (Å²) in [5.74, 6) is 0. The van der Waals surface area contributed by atoms with Gasteiger partial charge in [-0.25, -0.2) is 0 Å². The summed E-state index contributed by atoms with van der Waals surface area (Å²) < 4.78 is 40.2. The van der Waals surface area contributed by atoms with Gasteiger partial charge < -0.3 is 9.88 Å². The highest BCUT2D eigenvalue weighted by Gasteiger charge is 2.32. The predicted octanol–water partition coefficient (Wildman–Crippen LogP) is 5.16. The maximum Gasteiger partial charge on any atom is 0.433 e. The first-order chi connectivity index (χ1) is 11.9. The third kappa shape index (κ3) is 3.20. The van der Waals surface area contributed by atoms with Gasteiger partial charge in [0, 0.05) is 35.2 Å². The maximum atomic E-state index is 12.7. The largest absolute Gasteiger partial charge is 0.433 e. The Morgan fingerprint density at radius 1 is 1.12 bits per heavy atom. The molecule has 0 aliphatic carbocycles. The molecule has 1 aromatic carbocycles. The zero-order valence-electron chi connectivity index (χ0n) is 13.3. The second kappa shape index (κ2) is 6.95. The third-order valence-electron chi connectivity index (χ3n) is 4.32. The van der Waals surface area contributed by atoms with Crippen LogP contribution in [-0.4, -0.2) is 9.55 Å². The lowest BCUT2D eigenvalue weighted by atomic mass is 10.1. The monoisotopic (exact) mass is 399 g/mol. The molecule has 136 valence electrons. The normalized spacial score (nSPS) is 16.2. The van der Waals surface area contributed by atoms with Crippen molar-refractivity contribution in [2.45, 2.75) is 18.8 Å². The number of nitrogens with zero attached hydrogens (tertiary/aromatic N) is 2. The van der Waals surface area contributed by atoms with Gasteiger partial charge in [0.25, 0.3) is 0 Å². The molecule has 0 fully saturated rings. The van der Waals surface area contributed by atoms with Crippen molar-refractivity contribution in [2.75, 3.05) is 0 Å². The number of rotatable bonds is 1. The van der Waals surface area contributed by atoms with Crippen molar-refractivity contribution in [2.24, 2.45) is 0 Å². The highest BCUT2D eigenvalue weighted by molar-refractivity contribution is 6.31. The lowest BCUT2D eigenvalue weighted by Crippen LogP contribution is -2.22. The Balaban J connectivity index is 0.00000196. The fraction of sp³-hybridized carbons (Fsp3) is 0.167. The number of benzene rings is 1. The van der Waals surface area contributed by atoms with E-state index in [1.165, 1.54) is 12.3 Å². The molecule has 26 heavy (non-hydrogen) atoms. The Morgan fingerprint density at radius 3 is 2.62 bits per heavy atom. The number of nitrogens with one attached hydrogen (secondary N) is 1. The minimum atomic E-state index is -4.45. The van der Waals surface area contributed by atoms with Crippen LogP contribution in [0, 0.1) is 0 Å². The van der Waals surface area contributed by atoms with E-state index in [1.54, 1.807) is 0 Å². The van der Waals surface area contributed by atoms with Crippen LogP contribution in [0.4, 0.5) is 13.2 Å². The number of aromatic nitrogens is 2. The van der Waals surface area contributed by atoms with Crippen LogP contribution in [0.2, 0.25) is 5.02 Å². The van der Waals surface area contributed by atoms with Gasteiger partial charge in [-0.05, 0) is 35.9 Å². The Hall–Kier alpha value is -2.02. The lowest BCUT2D eigenvalue weighted by molar-refractivity contribution is -0.141. The summed E-state index contributed by atoms with van der Waals surface area (Å²) >= 11 is 6.32. The number of alkyl halides is 3. The van der Waals surface area contributed by atoms with E-state index in [-0.39, 0.29) is 18.4 Å². The second-order valence-corrected chi connectivity index (χ2v) is 6.24. The highest BCUT2D eigenvalue weighted by Crippen LogP contribution is 2.34. The number of hydrogen-bond acceptors (Lipinski definition) is 2. The lowest BCUT2D eigenvalue weighted by Gasteiger charge is -2.18. The van der Waals surface area contributed by atoms with Gasteiger partial charge >= 0.3 is 6.18 Å². The van der Waals surface area contributed by atoms with Gasteiger partial charge in [0.15, 0.2) is 0 Å². The summed E-state index contributed by atoms with van der Waals surface area (Å²) in [5.41, 5.74) is 2.59. The van der Waals surface area contributed by atoms with Gasteiger partial charge in [-0.15, -0.1) is 12.4 Å². The van der Waals surface area contributed by atoms with Crippen LogP contribution in [0.1, 0.15) is 28.6 Å². The molecule has 1 atom stereocenters. The Labute approximate surface area is 159 Å². The average Bonchev–Trinajstić information content (AvgIpc) is 2.99. The fourth-order valence-corrected chi connectivity index (χ4v) is 3.37. The van der Waals surface area contributed by atoms with E-state index in [2.05, 4.69) is 10.3 Å². The SMILES string of the molecule is Cl.FC(F)(F)c1ccc(C2NCc3c(Cl)cccc3-n3cccc32)cn1. The second-order valence-electron chi connectivity index (χ2n) is 5.83. The first kappa shape index (κ1) is 18.8. The molecule has 1 aliphatic heterocycles. The molecule has 1 aliphatic rings. The molecule has 0 saturated carbocycles. The summed E-state index contributed by atoms with van der Waals surface area (Å²) in [6.07, 6.45) is -1.25. The summed E-state index contributed by atoms with van der Waals surface area (Å²) in [7, 11) is 0. The molecular formula is C18H14Cl2F3N3. The predicted molar refractivity (Wildman–Crippen MR) is 95.9 cm³/mol. The van der Waals surface area contributed by atoms with Crippen molar-refractivity contribution in [1.29, 1.82) is 0 Å². The summed E-state index contributed by atoms with van der Waals surface area (Å²) in [5, 5.41) is 4.02. The van der Waals surface area contributed by atoms with Crippen LogP contribution < -0.4 is 5.32 Å². The zero-order chi connectivity index (χ0) is 17.6. The first-order valence-corrected chi connectivity index (χ1v) is 8.04. The quantitative estimate of drug-likeness (QED) is 0.612. The van der Waals surface area contributed by atoms with Gasteiger partial charge in [0.05, 0.1) is 11.7 Å². The standard InChI is InChI=1S/C18H13ClF3N3.ClH/c19-13-3-1-4-14-12(13)10-24-17(15-5-2-8-25(14)15)11-6-7-16(23-9-11)18(20,21)22;/h1-9,17,24H,10H2;1H. The number of halogens is 5. The highest BCUT2D eigenvalue weighted by atomic mass is 35.5. The molecule has 0 bridgehead atoms. The van der Waals surface area contributed by atoms with Crippen molar-refractivity contribution in [3.63, 3.8) is 0 Å². The molecule has 4 rings (SSSR count). The molecule has 0 spiro atoms. The zero-order valence-corrected chi connectivity index (χ0v) is 14.9. The molecule has 3 aromatic rings. The van der Waals surface area contributed by atoms with E-state index in [0.29, 0.717) is 17.1 Å². The maximum absolute atomic E-state index is 12.7. The molecule has 1 N–H and O–H groups in total. The molecule has 3 heterocycles. The van der Waals surface area contributed by atoms with E-state index in [9.17, 15) is 13.2 Å². The van der Waals surface area contributed by atoms with Crippen LogP contribution in [0.5, 0.6) is 0 Å². The summed E-state index contributed by atoms with van der Waals surface area (Å²) in [6, 6.07) is 11.7. The van der Waals surface area contributed by atoms with E-state index in [4.69, 9.17) is 11.6 Å². The van der Waals surface area contributed by atoms with E-state index in [0.717, 1.165) is 23.0 Å². The van der Waals surface area contributed by atoms with Crippen molar-refractivity contribution < 1.29 is 13.2 Å². The molecule has 0 radical (unpaired) electrons. The molecule has 1 unspecified atom stereocenters. The number of pyridine rings is 1. The minimum Gasteiger partial charge on any atom is -0.319 e. The molecule has 3 nitrogen and oxygen atoms in total. The molecule has 2 aromatic heterocycles. The number of fused-ring (bicyclic) bond motifs is 3. The van der Waals surface area contributed by atoms with Gasteiger partial charge in [0.1, 0.15) is 5.69 Å². The summed E-state index contributed by atoms with van der Waals surface area (Å²) in [4.78, 5) is 3.58. The van der Waals surface area contributed by atoms with Crippen LogP contribution >= 0.6 is 24.0 Å². The third-order valence-corrected chi connectivity index (χ3v) is 4.68. The van der Waals surface area contributed by atoms with Crippen LogP contribution in [0.25, 0.3) is 5.69 Å².